The number of unbranched alkanes of at least 4 members (excludes halogenated alkanes) is 58. The quantitative estimate of drug-likeness (QED) is 0.0211. The van der Waals surface area contributed by atoms with Gasteiger partial charge in [-0.15, -0.1) is 0 Å². The van der Waals surface area contributed by atoms with Crippen molar-refractivity contribution in [2.45, 2.75) is 456 Å². The second-order valence-electron chi connectivity index (χ2n) is 31.2. The molecule has 0 radical (unpaired) electrons. The fraction of sp³-hybridized carbons (Fsp3) is 0.857. The number of ether oxygens (including phenoxy) is 4. The number of allylic oxidation sites excluding steroid dienone is 10. The number of aliphatic carboxylic acids is 1. The number of carbonyl (C=O) groups is 3. The molecule has 0 spiro atoms. The van der Waals surface area contributed by atoms with E-state index in [1.807, 2.05) is 21.1 Å². The van der Waals surface area contributed by atoms with Crippen LogP contribution in [0.2, 0.25) is 0 Å². The number of quaternary nitrogens is 1. The van der Waals surface area contributed by atoms with Gasteiger partial charge in [0.1, 0.15) is 13.2 Å². The van der Waals surface area contributed by atoms with E-state index in [9.17, 15) is 19.5 Å². The van der Waals surface area contributed by atoms with Crippen LogP contribution in [0, 0.1) is 0 Å². The van der Waals surface area contributed by atoms with Crippen molar-refractivity contribution >= 4 is 17.9 Å². The maximum Gasteiger partial charge on any atom is 0.361 e. The first-order valence-electron chi connectivity index (χ1n) is 44.0. The van der Waals surface area contributed by atoms with Crippen LogP contribution in [0.4, 0.5) is 0 Å². The summed E-state index contributed by atoms with van der Waals surface area (Å²) in [6.45, 7) is 4.85. The van der Waals surface area contributed by atoms with Crippen molar-refractivity contribution in [2.75, 3.05) is 47.5 Å². The average molecular weight is 1410 g/mol. The lowest BCUT2D eigenvalue weighted by molar-refractivity contribution is -0.870. The van der Waals surface area contributed by atoms with Gasteiger partial charge in [0, 0.05) is 12.8 Å². The van der Waals surface area contributed by atoms with Gasteiger partial charge in [-0.3, -0.25) is 9.59 Å². The maximum atomic E-state index is 13.0. The summed E-state index contributed by atoms with van der Waals surface area (Å²) in [6, 6.07) is 0. The van der Waals surface area contributed by atoms with Crippen LogP contribution < -0.4 is 0 Å². The number of hydrogen-bond acceptors (Lipinski definition) is 7. The largest absolute Gasteiger partial charge is 0.477 e. The molecule has 0 amide bonds. The zero-order valence-electron chi connectivity index (χ0n) is 67.4. The van der Waals surface area contributed by atoms with Crippen molar-refractivity contribution in [1.82, 2.24) is 0 Å². The molecule has 0 saturated carbocycles. The Balaban J connectivity index is 3.91. The highest BCUT2D eigenvalue weighted by atomic mass is 16.7. The maximum absolute atomic E-state index is 13.0. The molecule has 0 aliphatic carbocycles. The molecule has 2 unspecified atom stereocenters. The first-order valence-corrected chi connectivity index (χ1v) is 44.0. The molecular weight excluding hydrogens is 1230 g/mol. The Morgan fingerprint density at radius 1 is 0.310 bits per heavy atom. The van der Waals surface area contributed by atoms with Gasteiger partial charge >= 0.3 is 17.9 Å². The van der Waals surface area contributed by atoms with Gasteiger partial charge in [0.15, 0.2) is 6.10 Å². The molecule has 1 N–H and O–H groups in total. The van der Waals surface area contributed by atoms with Crippen molar-refractivity contribution in [3.05, 3.63) is 60.8 Å². The summed E-state index contributed by atoms with van der Waals surface area (Å²) in [6.07, 6.45) is 107. The summed E-state index contributed by atoms with van der Waals surface area (Å²) < 4.78 is 23.1. The Morgan fingerprint density at radius 2 is 0.570 bits per heavy atom. The zero-order chi connectivity index (χ0) is 72.5. The minimum absolute atomic E-state index is 0.175. The third-order valence-corrected chi connectivity index (χ3v) is 20.0. The van der Waals surface area contributed by atoms with Crippen LogP contribution in [0.25, 0.3) is 0 Å². The number of likely N-dealkylation sites (N-methyl/N-ethyl adjacent to an activating group) is 1. The minimum atomic E-state index is -1.51. The zero-order valence-corrected chi connectivity index (χ0v) is 67.4. The second-order valence-corrected chi connectivity index (χ2v) is 31.2. The van der Waals surface area contributed by atoms with E-state index < -0.39 is 18.4 Å². The molecule has 0 aromatic heterocycles. The highest BCUT2D eigenvalue weighted by Gasteiger charge is 2.25. The van der Waals surface area contributed by atoms with Crippen LogP contribution in [0.15, 0.2) is 60.8 Å². The van der Waals surface area contributed by atoms with Crippen LogP contribution in [0.1, 0.15) is 444 Å². The molecule has 9 nitrogen and oxygen atoms in total. The highest BCUT2D eigenvalue weighted by Crippen LogP contribution is 2.21. The lowest BCUT2D eigenvalue weighted by Crippen LogP contribution is -2.40. The molecule has 100 heavy (non-hydrogen) atoms. The first kappa shape index (κ1) is 97.0. The number of rotatable bonds is 83. The van der Waals surface area contributed by atoms with E-state index in [0.29, 0.717) is 17.4 Å². The average Bonchev–Trinajstić information content (AvgIpc) is 1.08. The number of carbonyl (C=O) groups excluding carboxylic acids is 2. The minimum Gasteiger partial charge on any atom is -0.477 e. The fourth-order valence-electron chi connectivity index (χ4n) is 13.4. The lowest BCUT2D eigenvalue weighted by atomic mass is 10.0. The van der Waals surface area contributed by atoms with Crippen LogP contribution >= 0.6 is 0 Å². The van der Waals surface area contributed by atoms with Crippen LogP contribution in [-0.2, 0) is 33.3 Å². The predicted molar refractivity (Wildman–Crippen MR) is 433 cm³/mol. The first-order chi connectivity index (χ1) is 49.1. The summed E-state index contributed by atoms with van der Waals surface area (Å²) in [5, 5.41) is 9.79. The predicted octanol–water partition coefficient (Wildman–Crippen LogP) is 28.5. The Morgan fingerprint density at radius 3 is 0.850 bits per heavy atom. The van der Waals surface area contributed by atoms with E-state index in [2.05, 4.69) is 74.6 Å². The number of carboxylic acids is 1. The van der Waals surface area contributed by atoms with Crippen molar-refractivity contribution in [3.8, 4) is 0 Å². The summed E-state index contributed by atoms with van der Waals surface area (Å²) in [4.78, 5) is 37.8. The monoisotopic (exact) mass is 1410 g/mol. The smallest absolute Gasteiger partial charge is 0.361 e. The van der Waals surface area contributed by atoms with E-state index in [-0.39, 0.29) is 38.2 Å². The summed E-state index contributed by atoms with van der Waals surface area (Å²) in [7, 11) is 6.00. The Bertz CT molecular complexity index is 1830. The van der Waals surface area contributed by atoms with Gasteiger partial charge in [0.25, 0.3) is 6.29 Å². The lowest BCUT2D eigenvalue weighted by Gasteiger charge is -2.25. The molecule has 0 rings (SSSR count). The highest BCUT2D eigenvalue weighted by molar-refractivity contribution is 5.71. The van der Waals surface area contributed by atoms with Crippen LogP contribution in [0.3, 0.4) is 0 Å². The van der Waals surface area contributed by atoms with Crippen molar-refractivity contribution < 1.29 is 42.9 Å². The van der Waals surface area contributed by atoms with Crippen LogP contribution in [-0.4, -0.2) is 87.4 Å². The molecule has 0 fully saturated rings. The Kier molecular flexibility index (Phi) is 79.2. The van der Waals surface area contributed by atoms with Gasteiger partial charge in [-0.05, 0) is 57.8 Å². The number of esters is 2. The molecular formula is C91H170NO8+. The van der Waals surface area contributed by atoms with Gasteiger partial charge < -0.3 is 28.5 Å². The Labute approximate surface area is 622 Å². The molecule has 0 bridgehead atoms. The van der Waals surface area contributed by atoms with Gasteiger partial charge in [-0.2, -0.15) is 0 Å². The van der Waals surface area contributed by atoms with E-state index in [1.54, 1.807) is 0 Å². The SMILES string of the molecule is CC/C=C\C/C=C\C/C=C\C/C=C\C/C=C\CCCCCCCCCCCCCCCCCCCCCCCCCCCC(=O)OC(COC(=O)CCCCCCCCCCCCCCCCCCCCCCCCCCCCCCCCCCCC)COC(OCC[N+](C)(C)C)C(=O)O. The van der Waals surface area contributed by atoms with Crippen molar-refractivity contribution in [2.24, 2.45) is 0 Å². The van der Waals surface area contributed by atoms with E-state index >= 15 is 0 Å². The van der Waals surface area contributed by atoms with Crippen LogP contribution in [0.5, 0.6) is 0 Å². The molecule has 2 atom stereocenters. The molecule has 9 heteroatoms. The Hall–Kier alpha value is -3.01. The van der Waals surface area contributed by atoms with Crippen molar-refractivity contribution in [1.29, 1.82) is 0 Å². The molecule has 0 aliphatic rings. The molecule has 0 aliphatic heterocycles. The molecule has 0 saturated heterocycles. The number of nitrogens with zero attached hydrogens (tertiary/aromatic N) is 1. The van der Waals surface area contributed by atoms with E-state index in [1.165, 1.54) is 347 Å². The molecule has 0 aromatic rings. The second kappa shape index (κ2) is 81.7. The standard InChI is InChI=1S/C91H169NO8/c1-6-8-10-12-14-16-18-20-22-24-26-28-30-32-34-36-38-40-42-43-44-45-46-47-48-50-52-54-56-58-60-62-64-66-68-70-72-74-76-78-80-82-89(94)100-87(86-99-91(90(95)96)97-84-83-92(3,4)5)85-98-88(93)81-79-77-75-73-71-69-67-65-63-61-59-57-55-53-51-49-41-39-37-35-33-31-29-27-25-23-21-19-17-15-13-11-9-7-2/h8,10,14,16,20,22,26,28,32,34,87,91H,6-7,9,11-13,15,17-19,21,23-25,27,29-31,33,35-86H2,1-5H3/p+1/b10-8-,16-14-,22-20-,28-26-,34-32-. The summed E-state index contributed by atoms with van der Waals surface area (Å²) in [5.74, 6) is -1.97. The van der Waals surface area contributed by atoms with Gasteiger partial charge in [-0.1, -0.05) is 434 Å². The number of carboxylic acid groups (broad SMARTS) is 1. The third-order valence-electron chi connectivity index (χ3n) is 20.0. The molecule has 0 aromatic carbocycles. The third kappa shape index (κ3) is 82.3. The van der Waals surface area contributed by atoms with E-state index in [0.717, 1.165) is 70.6 Å². The molecule has 586 valence electrons. The fourth-order valence-corrected chi connectivity index (χ4v) is 13.4. The molecule has 0 heterocycles. The summed E-state index contributed by atoms with van der Waals surface area (Å²) >= 11 is 0. The van der Waals surface area contributed by atoms with Gasteiger partial charge in [0.05, 0.1) is 34.4 Å². The normalized spacial score (nSPS) is 12.8. The summed E-state index contributed by atoms with van der Waals surface area (Å²) in [5.41, 5.74) is 0. The number of hydrogen-bond donors (Lipinski definition) is 1. The topological polar surface area (TPSA) is 108 Å². The van der Waals surface area contributed by atoms with Gasteiger partial charge in [0.2, 0.25) is 0 Å². The van der Waals surface area contributed by atoms with Crippen molar-refractivity contribution in [3.63, 3.8) is 0 Å². The van der Waals surface area contributed by atoms with E-state index in [4.69, 9.17) is 18.9 Å². The van der Waals surface area contributed by atoms with Gasteiger partial charge in [-0.25, -0.2) is 4.79 Å².